The van der Waals surface area contributed by atoms with Gasteiger partial charge in [-0.1, -0.05) is 30.3 Å². The summed E-state index contributed by atoms with van der Waals surface area (Å²) in [5, 5.41) is 0. The molecule has 0 radical (unpaired) electrons. The van der Waals surface area contributed by atoms with E-state index in [4.69, 9.17) is 17.9 Å². The number of nitrogens with zero attached hydrogens (tertiary/aromatic N) is 5. The first-order valence-electron chi connectivity index (χ1n) is 28.6. The molecule has 0 atom stereocenters. The van der Waals surface area contributed by atoms with Crippen LogP contribution in [0.15, 0.2) is 212 Å². The van der Waals surface area contributed by atoms with E-state index in [1.165, 1.54) is 0 Å². The zero-order valence-electron chi connectivity index (χ0n) is 49.0. The van der Waals surface area contributed by atoms with Crippen molar-refractivity contribution in [1.82, 2.24) is 14.1 Å². The molecule has 0 spiro atoms. The molecule has 5 heterocycles. The van der Waals surface area contributed by atoms with Gasteiger partial charge in [-0.25, -0.2) is 0 Å². The van der Waals surface area contributed by atoms with Crippen LogP contribution in [0.1, 0.15) is 40.0 Å². The number of fused-ring (bicyclic) bond motifs is 10. The SMILES string of the molecule is [2H]c1c([2H])c([2H])c(-c2cccc(-c3ccccc3)c2-n2[c](=[Pt])n(-c3[c-]c(Oc4nc5c(c(C(C)(C)C)c4-c4c([2H])c([2H])c([2H])c([2H])c4[2H])-c4cccc6c4B4N(c7ccc[c-]c7N45)c4ccccc4-6)ccc3)c3ccccc32)c([2H])c1[2H]. The van der Waals surface area contributed by atoms with Gasteiger partial charge in [-0.15, -0.1) is 6.07 Å². The molecule has 0 amide bonds. The molecule has 72 heavy (non-hydrogen) atoms. The zero-order chi connectivity index (χ0) is 56.9. The van der Waals surface area contributed by atoms with Gasteiger partial charge in [0.25, 0.3) is 0 Å². The third-order valence-electron chi connectivity index (χ3n) is 13.8. The molecule has 0 saturated carbocycles. The van der Waals surface area contributed by atoms with Crippen LogP contribution in [0.4, 0.5) is 22.9 Å². The Morgan fingerprint density at radius 2 is 1.19 bits per heavy atom. The van der Waals surface area contributed by atoms with Gasteiger partial charge in [-0.05, 0) is 11.6 Å². The molecule has 0 saturated heterocycles. The molecule has 11 aromatic rings. The zero-order valence-corrected chi connectivity index (χ0v) is 41.2. The van der Waals surface area contributed by atoms with E-state index in [2.05, 4.69) is 92.2 Å². The number of pyridine rings is 1. The van der Waals surface area contributed by atoms with Gasteiger partial charge in [0.15, 0.2) is 0 Å². The van der Waals surface area contributed by atoms with Crippen molar-refractivity contribution in [2.24, 2.45) is 0 Å². The van der Waals surface area contributed by atoms with Crippen LogP contribution >= 0.6 is 0 Å². The van der Waals surface area contributed by atoms with E-state index in [0.717, 1.165) is 66.9 Å². The van der Waals surface area contributed by atoms with Gasteiger partial charge < -0.3 is 0 Å². The van der Waals surface area contributed by atoms with Gasteiger partial charge in [-0.3, -0.25) is 0 Å². The summed E-state index contributed by atoms with van der Waals surface area (Å²) in [6, 6.07) is 52.0. The fraction of sp³-hybridized carbons (Fsp3) is 0.0625. The Bertz CT molecular complexity index is 4620. The van der Waals surface area contributed by atoms with Gasteiger partial charge >= 0.3 is 374 Å². The molecule has 0 unspecified atom stereocenters. The van der Waals surface area contributed by atoms with Crippen molar-refractivity contribution < 1.29 is 37.8 Å². The molecule has 9 aromatic carbocycles. The Labute approximate surface area is 444 Å². The molecular weight excluding hydrogens is 1060 g/mol. The predicted molar refractivity (Wildman–Crippen MR) is 290 cm³/mol. The van der Waals surface area contributed by atoms with Crippen LogP contribution in [-0.2, 0) is 24.8 Å². The molecule has 14 rings (SSSR count). The fourth-order valence-corrected chi connectivity index (χ4v) is 12.1. The first-order chi connectivity index (χ1) is 39.5. The molecule has 0 aliphatic carbocycles. The quantitative estimate of drug-likeness (QED) is 0.118. The second kappa shape index (κ2) is 16.4. The summed E-state index contributed by atoms with van der Waals surface area (Å²) in [5.74, 6) is 0.764. The molecule has 0 fully saturated rings. The van der Waals surface area contributed by atoms with Crippen molar-refractivity contribution in [1.29, 1.82) is 0 Å². The van der Waals surface area contributed by atoms with E-state index in [1.54, 1.807) is 12.1 Å². The van der Waals surface area contributed by atoms with Crippen molar-refractivity contribution in [3.63, 3.8) is 0 Å². The minimum absolute atomic E-state index is 0.00433. The van der Waals surface area contributed by atoms with E-state index in [-0.39, 0.29) is 47.4 Å². The normalized spacial score (nSPS) is 14.9. The van der Waals surface area contributed by atoms with Gasteiger partial charge in [0.05, 0.1) is 1.37 Å². The van der Waals surface area contributed by atoms with Crippen LogP contribution in [0.5, 0.6) is 11.6 Å². The number of hydrogen-bond acceptors (Lipinski definition) is 4. The molecule has 3 aliphatic heterocycles. The standard InChI is InChI=1S/C64H44BN5O.Pt/c1-64(2,3)59-57(44-26-11-6-12-27-44)63(66-62-58(59)51-34-21-33-50-49-30-13-14-35-52(49)69-55-38-17-18-39-56(55)70(62)65(69)60(50)51)71-46-29-19-28-45(40-46)67-41-68(54-37-16-15-36-53(54)67)61-47(42-22-7-4-8-23-42)31-20-32-48(61)43-24-9-5-10-25-43;/h4-38H,1-3H3;/q-2;/i4D,6D,7D,8D,11D,12D,22D,23D,26D,27D;. The van der Waals surface area contributed by atoms with Crippen LogP contribution in [0.25, 0.3) is 78.0 Å². The maximum atomic E-state index is 9.57. The van der Waals surface area contributed by atoms with E-state index >= 15 is 0 Å². The van der Waals surface area contributed by atoms with Crippen LogP contribution in [0.3, 0.4) is 0 Å². The number of ether oxygens (including phenoxy) is 1. The number of para-hydroxylation sites is 5. The van der Waals surface area contributed by atoms with Crippen LogP contribution < -0.4 is 19.8 Å². The number of rotatable bonds is 7. The van der Waals surface area contributed by atoms with E-state index in [0.29, 0.717) is 32.1 Å². The van der Waals surface area contributed by atoms with Gasteiger partial charge in [-0.2, -0.15) is 12.1 Å². The van der Waals surface area contributed by atoms with Crippen molar-refractivity contribution in [2.75, 3.05) is 9.62 Å². The number of imidazole rings is 1. The summed E-state index contributed by atoms with van der Waals surface area (Å²) in [5.41, 5.74) is 12.3. The van der Waals surface area contributed by atoms with Crippen molar-refractivity contribution in [3.05, 3.63) is 234 Å². The summed E-state index contributed by atoms with van der Waals surface area (Å²) >= 11 is 2.26. The second-order valence-electron chi connectivity index (χ2n) is 18.9. The monoisotopic (exact) mass is 1110 g/mol. The number of aromatic nitrogens is 3. The van der Waals surface area contributed by atoms with Crippen molar-refractivity contribution in [2.45, 2.75) is 26.2 Å². The van der Waals surface area contributed by atoms with Crippen molar-refractivity contribution in [3.8, 4) is 78.6 Å². The molecule has 6 nitrogen and oxygen atoms in total. The Kier molecular flexibility index (Phi) is 7.60. The number of anilines is 4. The third kappa shape index (κ3) is 6.40. The number of benzene rings is 9. The van der Waals surface area contributed by atoms with E-state index in [9.17, 15) is 5.48 Å². The van der Waals surface area contributed by atoms with Crippen molar-refractivity contribution >= 4 is 46.4 Å². The molecule has 346 valence electrons. The topological polar surface area (TPSA) is 38.5 Å². The van der Waals surface area contributed by atoms with Gasteiger partial charge in [0.1, 0.15) is 0 Å². The number of hydrogen-bond donors (Lipinski definition) is 0. The minimum atomic E-state index is -0.780. The molecular formula is C64H44BN5OPt-2. The van der Waals surface area contributed by atoms with E-state index < -0.39 is 53.8 Å². The Hall–Kier alpha value is -8.25. The first-order valence-corrected chi connectivity index (χ1v) is 24.7. The first kappa shape index (κ1) is 33.4. The average Bonchev–Trinajstić information content (AvgIpc) is 2.53. The summed E-state index contributed by atoms with van der Waals surface area (Å²) in [6.07, 6.45) is 0. The third-order valence-corrected chi connectivity index (χ3v) is 14.8. The second-order valence-corrected chi connectivity index (χ2v) is 19.9. The average molecular weight is 1120 g/mol. The Morgan fingerprint density at radius 1 is 0.569 bits per heavy atom. The fourth-order valence-electron chi connectivity index (χ4n) is 11.0. The summed E-state index contributed by atoms with van der Waals surface area (Å²) in [7, 11) is 0. The van der Waals surface area contributed by atoms with Crippen LogP contribution in [-0.4, -0.2) is 21.1 Å². The molecule has 0 N–H and O–H groups in total. The van der Waals surface area contributed by atoms with Crippen LogP contribution in [0.2, 0.25) is 0 Å². The molecule has 2 aromatic heterocycles. The molecule has 3 aliphatic rings. The van der Waals surface area contributed by atoms with E-state index in [1.807, 2.05) is 118 Å². The molecule has 8 heteroatoms. The Balaban J connectivity index is 1.03. The van der Waals surface area contributed by atoms with Gasteiger partial charge in [0.2, 0.25) is 0 Å². The van der Waals surface area contributed by atoms with Crippen LogP contribution in [0, 0.1) is 15.9 Å². The maximum absolute atomic E-state index is 9.57. The Morgan fingerprint density at radius 3 is 1.96 bits per heavy atom. The summed E-state index contributed by atoms with van der Waals surface area (Å²) < 4.78 is 102. The predicted octanol–water partition coefficient (Wildman–Crippen LogP) is 15.2. The van der Waals surface area contributed by atoms with Gasteiger partial charge in [0, 0.05) is 11.3 Å². The summed E-state index contributed by atoms with van der Waals surface area (Å²) in [6.45, 7) is 5.77. The summed E-state index contributed by atoms with van der Waals surface area (Å²) in [4.78, 5) is 10.1. The molecule has 0 bridgehead atoms.